The van der Waals surface area contributed by atoms with Gasteiger partial charge in [-0.2, -0.15) is 0 Å². The maximum Gasteiger partial charge on any atom is 0.255 e. The first kappa shape index (κ1) is 13.3. The van der Waals surface area contributed by atoms with Crippen LogP contribution in [0.2, 0.25) is 0 Å². The summed E-state index contributed by atoms with van der Waals surface area (Å²) in [5.41, 5.74) is 5.81. The first-order valence-corrected chi connectivity index (χ1v) is 5.48. The molecule has 1 aromatic carbocycles. The van der Waals surface area contributed by atoms with Crippen molar-refractivity contribution in [2.75, 3.05) is 5.73 Å². The number of phenols is 1. The van der Waals surface area contributed by atoms with Crippen molar-refractivity contribution >= 4 is 11.6 Å². The van der Waals surface area contributed by atoms with Crippen LogP contribution < -0.4 is 11.1 Å². The third-order valence-corrected chi connectivity index (χ3v) is 2.38. The second-order valence-electron chi connectivity index (χ2n) is 4.20. The van der Waals surface area contributed by atoms with Crippen LogP contribution in [0.1, 0.15) is 30.6 Å². The van der Waals surface area contributed by atoms with Gasteiger partial charge in [0.05, 0.1) is 17.4 Å². The molecule has 0 aromatic heterocycles. The molecule has 0 saturated carbocycles. The van der Waals surface area contributed by atoms with Crippen LogP contribution >= 0.6 is 0 Å². The highest BCUT2D eigenvalue weighted by atomic mass is 16.3. The maximum absolute atomic E-state index is 11.8. The molecule has 0 bridgehead atoms. The first-order valence-electron chi connectivity index (χ1n) is 5.48. The molecule has 0 heterocycles. The molecule has 1 amide bonds. The van der Waals surface area contributed by atoms with Crippen LogP contribution in [0.4, 0.5) is 5.69 Å². The number of nitrogens with two attached hydrogens (primary N) is 1. The minimum Gasteiger partial charge on any atom is -0.505 e. The Hall–Kier alpha value is -1.75. The molecule has 0 spiro atoms. The van der Waals surface area contributed by atoms with Crippen LogP contribution in [0, 0.1) is 0 Å². The summed E-state index contributed by atoms with van der Waals surface area (Å²) in [6.07, 6.45) is -0.0332. The Kier molecular flexibility index (Phi) is 4.34. The normalized spacial score (nSPS) is 14.1. The average Bonchev–Trinajstić information content (AvgIpc) is 2.20. The number of aliphatic hydroxyl groups is 1. The molecule has 0 aliphatic carbocycles. The lowest BCUT2D eigenvalue weighted by Crippen LogP contribution is -2.34. The molecule has 94 valence electrons. The smallest absolute Gasteiger partial charge is 0.255 e. The molecule has 5 nitrogen and oxygen atoms in total. The van der Waals surface area contributed by atoms with Crippen LogP contribution in [0.15, 0.2) is 18.2 Å². The average molecular weight is 238 g/mol. The number of phenolic OH excluding ortho intramolecular Hbond substituents is 1. The molecule has 17 heavy (non-hydrogen) atoms. The van der Waals surface area contributed by atoms with Crippen LogP contribution in [-0.4, -0.2) is 28.3 Å². The number of aromatic hydroxyl groups is 1. The quantitative estimate of drug-likeness (QED) is 0.462. The summed E-state index contributed by atoms with van der Waals surface area (Å²) in [7, 11) is 0. The van der Waals surface area contributed by atoms with E-state index in [0.717, 1.165) is 0 Å². The van der Waals surface area contributed by atoms with Crippen LogP contribution in [-0.2, 0) is 0 Å². The molecule has 5 N–H and O–H groups in total. The van der Waals surface area contributed by atoms with E-state index in [1.54, 1.807) is 19.9 Å². The lowest BCUT2D eigenvalue weighted by molar-refractivity contribution is 0.0920. The fraction of sp³-hybridized carbons (Fsp3) is 0.417. The van der Waals surface area contributed by atoms with Crippen molar-refractivity contribution in [3.05, 3.63) is 23.8 Å². The largest absolute Gasteiger partial charge is 0.505 e. The molecule has 2 atom stereocenters. The van der Waals surface area contributed by atoms with E-state index in [2.05, 4.69) is 5.32 Å². The summed E-state index contributed by atoms with van der Waals surface area (Å²) in [5, 5.41) is 21.5. The molecule has 0 radical (unpaired) electrons. The number of carbonyl (C=O) groups is 1. The van der Waals surface area contributed by atoms with Gasteiger partial charge in [-0.05, 0) is 32.4 Å². The van der Waals surface area contributed by atoms with E-state index in [-0.39, 0.29) is 23.0 Å². The van der Waals surface area contributed by atoms with Gasteiger partial charge in [-0.3, -0.25) is 4.79 Å². The second-order valence-corrected chi connectivity index (χ2v) is 4.20. The highest BCUT2D eigenvalue weighted by Gasteiger charge is 2.15. The van der Waals surface area contributed by atoms with E-state index in [1.165, 1.54) is 12.1 Å². The Balaban J connectivity index is 2.73. The zero-order valence-electron chi connectivity index (χ0n) is 9.97. The SMILES string of the molecule is CC(O)CC(C)NC(=O)c1cccc(N)c1O. The fourth-order valence-corrected chi connectivity index (χ4v) is 1.62. The van der Waals surface area contributed by atoms with E-state index in [1.807, 2.05) is 0 Å². The van der Waals surface area contributed by atoms with E-state index in [4.69, 9.17) is 5.73 Å². The molecule has 1 rings (SSSR count). The van der Waals surface area contributed by atoms with Crippen molar-refractivity contribution in [2.24, 2.45) is 0 Å². The van der Waals surface area contributed by atoms with Gasteiger partial charge in [0.15, 0.2) is 5.75 Å². The summed E-state index contributed by atoms with van der Waals surface area (Å²) in [5.74, 6) is -0.614. The number of para-hydroxylation sites is 1. The molecule has 1 aromatic rings. The highest BCUT2D eigenvalue weighted by Crippen LogP contribution is 2.24. The van der Waals surface area contributed by atoms with Crippen LogP contribution in [0.5, 0.6) is 5.75 Å². The molecule has 2 unspecified atom stereocenters. The van der Waals surface area contributed by atoms with Gasteiger partial charge in [0, 0.05) is 6.04 Å². The number of hydrogen-bond donors (Lipinski definition) is 4. The van der Waals surface area contributed by atoms with Gasteiger partial charge in [0.2, 0.25) is 0 Å². The van der Waals surface area contributed by atoms with Gasteiger partial charge in [-0.25, -0.2) is 0 Å². The number of hydrogen-bond acceptors (Lipinski definition) is 4. The molecule has 0 aliphatic rings. The van der Waals surface area contributed by atoms with Crippen molar-refractivity contribution in [3.63, 3.8) is 0 Å². The summed E-state index contributed by atoms with van der Waals surface area (Å²) in [6.45, 7) is 3.44. The Morgan fingerprint density at radius 2 is 2.12 bits per heavy atom. The van der Waals surface area contributed by atoms with Gasteiger partial charge in [-0.15, -0.1) is 0 Å². The summed E-state index contributed by atoms with van der Waals surface area (Å²) in [6, 6.07) is 4.44. The highest BCUT2D eigenvalue weighted by molar-refractivity contribution is 5.98. The molecule has 5 heteroatoms. The minimum atomic E-state index is -0.486. The zero-order valence-corrected chi connectivity index (χ0v) is 9.97. The van der Waals surface area contributed by atoms with Crippen molar-refractivity contribution < 1.29 is 15.0 Å². The monoisotopic (exact) mass is 238 g/mol. The van der Waals surface area contributed by atoms with E-state index in [0.29, 0.717) is 6.42 Å². The standard InChI is InChI=1S/C12H18N2O3/c1-7(6-8(2)15)14-12(17)9-4-3-5-10(13)11(9)16/h3-5,7-8,15-16H,6,13H2,1-2H3,(H,14,17). The number of nitrogen functional groups attached to an aromatic ring is 1. The number of carbonyl (C=O) groups excluding carboxylic acids is 1. The van der Waals surface area contributed by atoms with Gasteiger partial charge in [0.25, 0.3) is 5.91 Å². The van der Waals surface area contributed by atoms with Crippen LogP contribution in [0.25, 0.3) is 0 Å². The molecular formula is C12H18N2O3. The van der Waals surface area contributed by atoms with Crippen molar-refractivity contribution in [3.8, 4) is 5.75 Å². The molecule has 0 aliphatic heterocycles. The van der Waals surface area contributed by atoms with Crippen LogP contribution in [0.3, 0.4) is 0 Å². The second kappa shape index (κ2) is 5.54. The van der Waals surface area contributed by atoms with Gasteiger partial charge in [-0.1, -0.05) is 6.07 Å². The maximum atomic E-state index is 11.8. The Bertz CT molecular complexity index is 405. The van der Waals surface area contributed by atoms with E-state index >= 15 is 0 Å². The Labute approximate surface area is 100 Å². The third kappa shape index (κ3) is 3.64. The summed E-state index contributed by atoms with van der Waals surface area (Å²) in [4.78, 5) is 11.8. The number of anilines is 1. The number of amides is 1. The van der Waals surface area contributed by atoms with Crippen molar-refractivity contribution in [2.45, 2.75) is 32.4 Å². The van der Waals surface area contributed by atoms with Crippen molar-refractivity contribution in [1.82, 2.24) is 5.32 Å². The number of aliphatic hydroxyl groups excluding tert-OH is 1. The first-order chi connectivity index (χ1) is 7.91. The summed E-state index contributed by atoms with van der Waals surface area (Å²) < 4.78 is 0. The van der Waals surface area contributed by atoms with E-state index in [9.17, 15) is 15.0 Å². The van der Waals surface area contributed by atoms with Gasteiger partial charge >= 0.3 is 0 Å². The topological polar surface area (TPSA) is 95.6 Å². The molecule has 0 fully saturated rings. The summed E-state index contributed by atoms with van der Waals surface area (Å²) >= 11 is 0. The number of nitrogens with one attached hydrogen (secondary N) is 1. The fourth-order valence-electron chi connectivity index (χ4n) is 1.62. The third-order valence-electron chi connectivity index (χ3n) is 2.38. The minimum absolute atomic E-state index is 0.141. The lowest BCUT2D eigenvalue weighted by Gasteiger charge is -2.16. The van der Waals surface area contributed by atoms with Crippen molar-refractivity contribution in [1.29, 1.82) is 0 Å². The van der Waals surface area contributed by atoms with E-state index < -0.39 is 12.0 Å². The Morgan fingerprint density at radius 1 is 1.47 bits per heavy atom. The van der Waals surface area contributed by atoms with Gasteiger partial charge < -0.3 is 21.3 Å². The number of benzene rings is 1. The molecular weight excluding hydrogens is 220 g/mol. The predicted molar refractivity (Wildman–Crippen MR) is 65.7 cm³/mol. The zero-order chi connectivity index (χ0) is 13.0. The number of rotatable bonds is 4. The Morgan fingerprint density at radius 3 is 2.71 bits per heavy atom. The predicted octanol–water partition coefficient (Wildman–Crippen LogP) is 0.864. The lowest BCUT2D eigenvalue weighted by atomic mass is 10.1. The van der Waals surface area contributed by atoms with Gasteiger partial charge in [0.1, 0.15) is 0 Å². The molecule has 0 saturated heterocycles.